The highest BCUT2D eigenvalue weighted by atomic mass is 16.2. The van der Waals surface area contributed by atoms with Crippen LogP contribution in [0.1, 0.15) is 23.6 Å². The van der Waals surface area contributed by atoms with Crippen LogP contribution >= 0.6 is 0 Å². The number of carbonyl (C=O) groups excluding carboxylic acids is 1. The molecule has 0 radical (unpaired) electrons. The average molecular weight is 397 g/mol. The van der Waals surface area contributed by atoms with Gasteiger partial charge in [0, 0.05) is 61.3 Å². The molecule has 2 aliphatic rings. The molecule has 0 unspecified atom stereocenters. The third-order valence-corrected chi connectivity index (χ3v) is 6.08. The van der Waals surface area contributed by atoms with Crippen LogP contribution in [0.25, 0.3) is 17.2 Å². The molecule has 3 aromatic rings. The molecule has 1 fully saturated rings. The molecule has 0 saturated carbocycles. The van der Waals surface area contributed by atoms with Crippen molar-refractivity contribution in [1.82, 2.24) is 14.5 Å². The highest BCUT2D eigenvalue weighted by Crippen LogP contribution is 2.36. The lowest BCUT2D eigenvalue weighted by Gasteiger charge is -2.42. The molecule has 2 aromatic heterocycles. The molecule has 5 heteroatoms. The van der Waals surface area contributed by atoms with Crippen molar-refractivity contribution in [2.24, 2.45) is 5.92 Å². The number of pyridine rings is 2. The fourth-order valence-electron chi connectivity index (χ4n) is 4.68. The first kappa shape index (κ1) is 18.6. The fraction of sp³-hybridized carbons (Fsp3) is 0.240. The van der Waals surface area contributed by atoms with Crippen molar-refractivity contribution in [1.29, 1.82) is 0 Å². The van der Waals surface area contributed by atoms with Gasteiger partial charge in [-0.3, -0.25) is 14.6 Å². The SMILES string of the molecule is O=C(/C=C/c1ccccc1)N1C[C@@H]2C[C@H](C1)c1cc(-c3cccnc3)cc(=O)n1C2. The van der Waals surface area contributed by atoms with E-state index in [0.717, 1.165) is 28.8 Å². The Labute approximate surface area is 175 Å². The molecule has 5 nitrogen and oxygen atoms in total. The quantitative estimate of drug-likeness (QED) is 0.635. The van der Waals surface area contributed by atoms with Crippen LogP contribution in [0.3, 0.4) is 0 Å². The molecule has 0 spiro atoms. The van der Waals surface area contributed by atoms with Gasteiger partial charge < -0.3 is 9.47 Å². The molecule has 4 heterocycles. The second-order valence-electron chi connectivity index (χ2n) is 8.15. The van der Waals surface area contributed by atoms with Gasteiger partial charge in [-0.1, -0.05) is 36.4 Å². The number of hydrogen-bond acceptors (Lipinski definition) is 3. The Morgan fingerprint density at radius 3 is 2.67 bits per heavy atom. The number of carbonyl (C=O) groups is 1. The van der Waals surface area contributed by atoms with Crippen molar-refractivity contribution in [2.45, 2.75) is 18.9 Å². The van der Waals surface area contributed by atoms with Crippen LogP contribution in [0.5, 0.6) is 0 Å². The van der Waals surface area contributed by atoms with Gasteiger partial charge in [0.25, 0.3) is 5.56 Å². The second-order valence-corrected chi connectivity index (χ2v) is 8.15. The Bertz CT molecular complexity index is 1150. The van der Waals surface area contributed by atoms with Gasteiger partial charge in [0.05, 0.1) is 0 Å². The number of fused-ring (bicyclic) bond motifs is 4. The zero-order valence-electron chi connectivity index (χ0n) is 16.6. The van der Waals surface area contributed by atoms with Crippen LogP contribution in [0.2, 0.25) is 0 Å². The lowest BCUT2D eigenvalue weighted by molar-refractivity contribution is -0.128. The Balaban J connectivity index is 1.41. The number of rotatable bonds is 3. The number of likely N-dealkylation sites (tertiary alicyclic amines) is 1. The zero-order chi connectivity index (χ0) is 20.5. The molecule has 150 valence electrons. The Morgan fingerprint density at radius 1 is 1.00 bits per heavy atom. The van der Waals surface area contributed by atoms with E-state index >= 15 is 0 Å². The number of amides is 1. The standard InChI is InChI=1S/C25H23N3O2/c29-24(9-8-18-5-2-1-3-6-18)27-15-19-11-22(17-27)23-12-21(13-25(30)28(23)16-19)20-7-4-10-26-14-20/h1-10,12-14,19,22H,11,15-17H2/b9-8+/t19-,22+/m0/s1. The highest BCUT2D eigenvalue weighted by molar-refractivity contribution is 5.92. The van der Waals surface area contributed by atoms with E-state index in [1.54, 1.807) is 24.5 Å². The number of aromatic nitrogens is 2. The molecule has 2 aliphatic heterocycles. The van der Waals surface area contributed by atoms with E-state index in [4.69, 9.17) is 0 Å². The van der Waals surface area contributed by atoms with Crippen LogP contribution in [0.15, 0.2) is 77.9 Å². The lowest BCUT2D eigenvalue weighted by Crippen LogP contribution is -2.48. The smallest absolute Gasteiger partial charge is 0.251 e. The van der Waals surface area contributed by atoms with E-state index in [0.29, 0.717) is 25.6 Å². The molecule has 2 atom stereocenters. The Kier molecular flexibility index (Phi) is 4.79. The summed E-state index contributed by atoms with van der Waals surface area (Å²) in [4.78, 5) is 31.8. The van der Waals surface area contributed by atoms with Gasteiger partial charge in [-0.25, -0.2) is 0 Å². The molecule has 0 N–H and O–H groups in total. The zero-order valence-corrected chi connectivity index (χ0v) is 16.6. The molecule has 1 aromatic carbocycles. The summed E-state index contributed by atoms with van der Waals surface area (Å²) in [6, 6.07) is 17.5. The summed E-state index contributed by atoms with van der Waals surface area (Å²) in [5.41, 5.74) is 3.91. The van der Waals surface area contributed by atoms with Gasteiger partial charge in [-0.05, 0) is 41.7 Å². The van der Waals surface area contributed by atoms with Crippen molar-refractivity contribution in [2.75, 3.05) is 13.1 Å². The van der Waals surface area contributed by atoms with Crippen LogP contribution in [0, 0.1) is 5.92 Å². The van der Waals surface area contributed by atoms with Gasteiger partial charge >= 0.3 is 0 Å². The average Bonchev–Trinajstić information content (AvgIpc) is 2.79. The van der Waals surface area contributed by atoms with Gasteiger partial charge in [0.15, 0.2) is 0 Å². The maximum Gasteiger partial charge on any atom is 0.251 e. The van der Waals surface area contributed by atoms with E-state index in [-0.39, 0.29) is 17.4 Å². The van der Waals surface area contributed by atoms with Crippen molar-refractivity contribution in [3.05, 3.63) is 94.7 Å². The summed E-state index contributed by atoms with van der Waals surface area (Å²) in [6.45, 7) is 2.01. The predicted octanol–water partition coefficient (Wildman–Crippen LogP) is 3.57. The minimum Gasteiger partial charge on any atom is -0.338 e. The summed E-state index contributed by atoms with van der Waals surface area (Å²) in [5.74, 6) is 0.524. The first-order valence-electron chi connectivity index (χ1n) is 10.3. The van der Waals surface area contributed by atoms with Gasteiger partial charge in [0.1, 0.15) is 0 Å². The number of nitrogens with zero attached hydrogens (tertiary/aromatic N) is 3. The maximum atomic E-state index is 12.8. The van der Waals surface area contributed by atoms with Crippen molar-refractivity contribution >= 4 is 12.0 Å². The summed E-state index contributed by atoms with van der Waals surface area (Å²) in [5, 5.41) is 0. The second kappa shape index (κ2) is 7.75. The Morgan fingerprint density at radius 2 is 1.87 bits per heavy atom. The minimum absolute atomic E-state index is 0.0322. The van der Waals surface area contributed by atoms with E-state index in [9.17, 15) is 9.59 Å². The van der Waals surface area contributed by atoms with Crippen molar-refractivity contribution in [3.8, 4) is 11.1 Å². The van der Waals surface area contributed by atoms with Crippen molar-refractivity contribution < 1.29 is 4.79 Å². The first-order chi connectivity index (χ1) is 14.7. The van der Waals surface area contributed by atoms with Crippen molar-refractivity contribution in [3.63, 3.8) is 0 Å². The minimum atomic E-state index is 0.0322. The third-order valence-electron chi connectivity index (χ3n) is 6.08. The number of hydrogen-bond donors (Lipinski definition) is 0. The molecule has 5 rings (SSSR count). The van der Waals surface area contributed by atoms with E-state index < -0.39 is 0 Å². The number of benzene rings is 1. The molecule has 1 saturated heterocycles. The predicted molar refractivity (Wildman–Crippen MR) is 117 cm³/mol. The normalized spacial score (nSPS) is 20.2. The molecular formula is C25H23N3O2. The maximum absolute atomic E-state index is 12.8. The molecule has 2 bridgehead atoms. The molecule has 1 amide bonds. The largest absolute Gasteiger partial charge is 0.338 e. The highest BCUT2D eigenvalue weighted by Gasteiger charge is 2.36. The van der Waals surface area contributed by atoms with Crippen LogP contribution in [-0.4, -0.2) is 33.4 Å². The van der Waals surface area contributed by atoms with E-state index in [1.165, 1.54) is 0 Å². The fourth-order valence-corrected chi connectivity index (χ4v) is 4.68. The Hall–Kier alpha value is -3.47. The monoisotopic (exact) mass is 397 g/mol. The summed E-state index contributed by atoms with van der Waals surface area (Å²) < 4.78 is 1.90. The number of piperidine rings is 1. The van der Waals surface area contributed by atoms with Gasteiger partial charge in [-0.15, -0.1) is 0 Å². The van der Waals surface area contributed by atoms with Gasteiger partial charge in [-0.2, -0.15) is 0 Å². The van der Waals surface area contributed by atoms with Gasteiger partial charge in [0.2, 0.25) is 5.91 Å². The topological polar surface area (TPSA) is 55.2 Å². The summed E-state index contributed by atoms with van der Waals surface area (Å²) in [7, 11) is 0. The van der Waals surface area contributed by atoms with Crippen LogP contribution in [-0.2, 0) is 11.3 Å². The molecule has 0 aliphatic carbocycles. The summed E-state index contributed by atoms with van der Waals surface area (Å²) in [6.07, 6.45) is 8.05. The first-order valence-corrected chi connectivity index (χ1v) is 10.3. The van der Waals surface area contributed by atoms with E-state index in [2.05, 4.69) is 11.1 Å². The third kappa shape index (κ3) is 3.59. The lowest BCUT2D eigenvalue weighted by atomic mass is 9.82. The molecular weight excluding hydrogens is 374 g/mol. The van der Waals surface area contributed by atoms with Crippen LogP contribution < -0.4 is 5.56 Å². The van der Waals surface area contributed by atoms with Crippen LogP contribution in [0.4, 0.5) is 0 Å². The summed E-state index contributed by atoms with van der Waals surface area (Å²) >= 11 is 0. The van der Waals surface area contributed by atoms with E-state index in [1.807, 2.05) is 58.0 Å². The molecule has 30 heavy (non-hydrogen) atoms.